The highest BCUT2D eigenvalue weighted by Crippen LogP contribution is 2.35. The lowest BCUT2D eigenvalue weighted by atomic mass is 9.89. The first-order chi connectivity index (χ1) is 10.3. The molecule has 0 bridgehead atoms. The zero-order chi connectivity index (χ0) is 14.7. The number of morpholine rings is 1. The number of ether oxygens (including phenoxy) is 1. The molecule has 1 saturated heterocycles. The lowest BCUT2D eigenvalue weighted by Crippen LogP contribution is -2.53. The number of halogens is 1. The highest BCUT2D eigenvalue weighted by atomic mass is 19.1. The van der Waals surface area contributed by atoms with Crippen molar-refractivity contribution in [3.8, 4) is 0 Å². The predicted octanol–water partition coefficient (Wildman–Crippen LogP) is 3.08. The van der Waals surface area contributed by atoms with Crippen molar-refractivity contribution in [1.29, 1.82) is 0 Å². The van der Waals surface area contributed by atoms with Crippen LogP contribution in [0.4, 0.5) is 10.1 Å². The molecule has 0 aromatic heterocycles. The molecular formula is C17H25FN2O. The van der Waals surface area contributed by atoms with Crippen molar-refractivity contribution in [1.82, 2.24) is 5.32 Å². The van der Waals surface area contributed by atoms with E-state index in [4.69, 9.17) is 4.74 Å². The van der Waals surface area contributed by atoms with E-state index < -0.39 is 0 Å². The van der Waals surface area contributed by atoms with Crippen molar-refractivity contribution in [2.75, 3.05) is 24.6 Å². The first kappa shape index (κ1) is 14.8. The molecular weight excluding hydrogens is 267 g/mol. The zero-order valence-electron chi connectivity index (χ0n) is 12.8. The molecule has 4 heteroatoms. The quantitative estimate of drug-likeness (QED) is 0.923. The van der Waals surface area contributed by atoms with Gasteiger partial charge in [0.1, 0.15) is 5.82 Å². The summed E-state index contributed by atoms with van der Waals surface area (Å²) in [5.74, 6) is -0.100. The summed E-state index contributed by atoms with van der Waals surface area (Å²) < 4.78 is 20.4. The van der Waals surface area contributed by atoms with Crippen molar-refractivity contribution >= 4 is 5.69 Å². The van der Waals surface area contributed by atoms with Gasteiger partial charge in [-0.3, -0.25) is 0 Å². The van der Waals surface area contributed by atoms with Crippen LogP contribution >= 0.6 is 0 Å². The first-order valence-corrected chi connectivity index (χ1v) is 8.17. The van der Waals surface area contributed by atoms with Crippen LogP contribution in [0.3, 0.4) is 0 Å². The molecule has 2 atom stereocenters. The van der Waals surface area contributed by atoms with Gasteiger partial charge in [-0.05, 0) is 31.0 Å². The minimum absolute atomic E-state index is 0.100. The SMILES string of the molecule is CCNCc1cccc(F)c1N1CCOC2CCCCC21. The summed E-state index contributed by atoms with van der Waals surface area (Å²) in [6.45, 7) is 5.19. The summed E-state index contributed by atoms with van der Waals surface area (Å²) in [4.78, 5) is 2.27. The van der Waals surface area contributed by atoms with Crippen molar-refractivity contribution in [3.63, 3.8) is 0 Å². The third-order valence-electron chi connectivity index (χ3n) is 4.66. The highest BCUT2D eigenvalue weighted by molar-refractivity contribution is 5.56. The van der Waals surface area contributed by atoms with E-state index in [1.54, 1.807) is 6.07 Å². The Kier molecular flexibility index (Phi) is 4.76. The van der Waals surface area contributed by atoms with Gasteiger partial charge in [-0.25, -0.2) is 4.39 Å². The van der Waals surface area contributed by atoms with Crippen molar-refractivity contribution in [2.24, 2.45) is 0 Å². The molecule has 2 fully saturated rings. The lowest BCUT2D eigenvalue weighted by Gasteiger charge is -2.45. The Balaban J connectivity index is 1.90. The predicted molar refractivity (Wildman–Crippen MR) is 83.1 cm³/mol. The maximum Gasteiger partial charge on any atom is 0.146 e. The molecule has 116 valence electrons. The molecule has 1 aliphatic heterocycles. The van der Waals surface area contributed by atoms with Gasteiger partial charge >= 0.3 is 0 Å². The molecule has 1 aromatic carbocycles. The van der Waals surface area contributed by atoms with E-state index in [9.17, 15) is 4.39 Å². The van der Waals surface area contributed by atoms with Crippen LogP contribution in [-0.4, -0.2) is 31.8 Å². The number of nitrogens with zero attached hydrogens (tertiary/aromatic N) is 1. The van der Waals surface area contributed by atoms with Gasteiger partial charge in [-0.1, -0.05) is 31.9 Å². The van der Waals surface area contributed by atoms with Gasteiger partial charge in [0.05, 0.1) is 24.4 Å². The molecule has 3 rings (SSSR count). The maximum absolute atomic E-state index is 14.5. The molecule has 0 radical (unpaired) electrons. The Hall–Kier alpha value is -1.13. The van der Waals surface area contributed by atoms with Crippen LogP contribution in [0.5, 0.6) is 0 Å². The summed E-state index contributed by atoms with van der Waals surface area (Å²) in [6, 6.07) is 5.77. The molecule has 2 aliphatic rings. The van der Waals surface area contributed by atoms with Gasteiger partial charge in [0.2, 0.25) is 0 Å². The Morgan fingerprint density at radius 1 is 1.33 bits per heavy atom. The third-order valence-corrected chi connectivity index (χ3v) is 4.66. The van der Waals surface area contributed by atoms with Crippen LogP contribution in [0.1, 0.15) is 38.2 Å². The van der Waals surface area contributed by atoms with Gasteiger partial charge in [-0.15, -0.1) is 0 Å². The molecule has 21 heavy (non-hydrogen) atoms. The van der Waals surface area contributed by atoms with Gasteiger partial charge in [0.15, 0.2) is 0 Å². The number of nitrogens with one attached hydrogen (secondary N) is 1. The second kappa shape index (κ2) is 6.75. The van der Waals surface area contributed by atoms with Gasteiger partial charge < -0.3 is 15.0 Å². The van der Waals surface area contributed by atoms with Gasteiger partial charge in [-0.2, -0.15) is 0 Å². The molecule has 0 amide bonds. The number of rotatable bonds is 4. The fraction of sp³-hybridized carbons (Fsp3) is 0.647. The fourth-order valence-electron chi connectivity index (χ4n) is 3.66. The van der Waals surface area contributed by atoms with Gasteiger partial charge in [0.25, 0.3) is 0 Å². The van der Waals surface area contributed by atoms with E-state index in [1.807, 2.05) is 12.1 Å². The Morgan fingerprint density at radius 3 is 3.05 bits per heavy atom. The number of benzene rings is 1. The summed E-state index contributed by atoms with van der Waals surface area (Å²) >= 11 is 0. The summed E-state index contributed by atoms with van der Waals surface area (Å²) in [6.07, 6.45) is 4.95. The standard InChI is InChI=1S/C17H25FN2O/c1-2-19-12-13-6-5-7-14(18)17(13)20-10-11-21-16-9-4-3-8-15(16)20/h5-7,15-16,19H,2-4,8-12H2,1H3. The molecule has 2 unspecified atom stereocenters. The molecule has 3 nitrogen and oxygen atoms in total. The van der Waals surface area contributed by atoms with Crippen molar-refractivity contribution in [2.45, 2.75) is 51.3 Å². The fourth-order valence-corrected chi connectivity index (χ4v) is 3.66. The van der Waals surface area contributed by atoms with Crippen LogP contribution in [0.15, 0.2) is 18.2 Å². The minimum atomic E-state index is -0.100. The molecule has 1 saturated carbocycles. The number of hydrogen-bond donors (Lipinski definition) is 1. The Bertz CT molecular complexity index is 478. The molecule has 1 N–H and O–H groups in total. The summed E-state index contributed by atoms with van der Waals surface area (Å²) in [5, 5.41) is 3.32. The Morgan fingerprint density at radius 2 is 2.19 bits per heavy atom. The smallest absolute Gasteiger partial charge is 0.146 e. The number of fused-ring (bicyclic) bond motifs is 1. The number of para-hydroxylation sites is 1. The molecule has 1 aliphatic carbocycles. The van der Waals surface area contributed by atoms with Crippen LogP contribution in [-0.2, 0) is 11.3 Å². The second-order valence-corrected chi connectivity index (χ2v) is 5.98. The topological polar surface area (TPSA) is 24.5 Å². The van der Waals surface area contributed by atoms with Gasteiger partial charge in [0, 0.05) is 13.1 Å². The third kappa shape index (κ3) is 3.06. The van der Waals surface area contributed by atoms with E-state index in [2.05, 4.69) is 17.1 Å². The molecule has 1 aromatic rings. The highest BCUT2D eigenvalue weighted by Gasteiger charge is 2.36. The summed E-state index contributed by atoms with van der Waals surface area (Å²) in [7, 11) is 0. The number of anilines is 1. The second-order valence-electron chi connectivity index (χ2n) is 5.98. The van der Waals surface area contributed by atoms with Crippen LogP contribution in [0.25, 0.3) is 0 Å². The van der Waals surface area contributed by atoms with Crippen LogP contribution in [0.2, 0.25) is 0 Å². The zero-order valence-corrected chi connectivity index (χ0v) is 12.8. The minimum Gasteiger partial charge on any atom is -0.374 e. The lowest BCUT2D eigenvalue weighted by molar-refractivity contribution is -0.00897. The van der Waals surface area contributed by atoms with Crippen molar-refractivity contribution in [3.05, 3.63) is 29.6 Å². The van der Waals surface area contributed by atoms with Crippen LogP contribution < -0.4 is 10.2 Å². The monoisotopic (exact) mass is 292 g/mol. The van der Waals surface area contributed by atoms with Crippen LogP contribution in [0, 0.1) is 5.82 Å². The Labute approximate surface area is 126 Å². The van der Waals surface area contributed by atoms with E-state index >= 15 is 0 Å². The maximum atomic E-state index is 14.5. The average molecular weight is 292 g/mol. The van der Waals surface area contributed by atoms with E-state index in [0.29, 0.717) is 12.6 Å². The van der Waals surface area contributed by atoms with E-state index in [0.717, 1.165) is 43.7 Å². The average Bonchev–Trinajstić information content (AvgIpc) is 2.52. The first-order valence-electron chi connectivity index (χ1n) is 8.17. The largest absolute Gasteiger partial charge is 0.374 e. The number of hydrogen-bond acceptors (Lipinski definition) is 3. The summed E-state index contributed by atoms with van der Waals surface area (Å²) in [5.41, 5.74) is 1.85. The molecule has 1 heterocycles. The molecule has 0 spiro atoms. The van der Waals surface area contributed by atoms with Crippen molar-refractivity contribution < 1.29 is 9.13 Å². The van der Waals surface area contributed by atoms with E-state index in [-0.39, 0.29) is 11.9 Å². The van der Waals surface area contributed by atoms with E-state index in [1.165, 1.54) is 12.8 Å². The normalized spacial score (nSPS) is 25.7.